The van der Waals surface area contributed by atoms with Gasteiger partial charge in [-0.05, 0) is 30.4 Å². The zero-order valence-corrected chi connectivity index (χ0v) is 18.8. The van der Waals surface area contributed by atoms with E-state index in [1.54, 1.807) is 12.1 Å². The van der Waals surface area contributed by atoms with Gasteiger partial charge in [0.25, 0.3) is 5.91 Å². The van der Waals surface area contributed by atoms with Crippen molar-refractivity contribution in [2.24, 2.45) is 11.8 Å². The van der Waals surface area contributed by atoms with Crippen molar-refractivity contribution in [3.05, 3.63) is 58.2 Å². The maximum atomic E-state index is 12.5. The molecule has 9 heteroatoms. The van der Waals surface area contributed by atoms with Crippen LogP contribution in [0.3, 0.4) is 0 Å². The van der Waals surface area contributed by atoms with E-state index in [4.69, 9.17) is 26.9 Å². The molecule has 1 fully saturated rings. The van der Waals surface area contributed by atoms with Crippen molar-refractivity contribution in [2.75, 3.05) is 6.61 Å². The summed E-state index contributed by atoms with van der Waals surface area (Å²) in [5.74, 6) is -0.899. The molecule has 4 N–H and O–H groups in total. The van der Waals surface area contributed by atoms with Gasteiger partial charge in [0.1, 0.15) is 10.9 Å². The molecule has 1 aromatic carbocycles. The van der Waals surface area contributed by atoms with Crippen LogP contribution in [-0.4, -0.2) is 40.5 Å². The fraction of sp³-hybridized carbons (Fsp3) is 0.391. The lowest BCUT2D eigenvalue weighted by molar-refractivity contribution is -0.145. The average molecular weight is 459 g/mol. The largest absolute Gasteiger partial charge is 0.481 e. The van der Waals surface area contributed by atoms with Crippen molar-refractivity contribution in [3.63, 3.8) is 0 Å². The highest BCUT2D eigenvalue weighted by atomic mass is 35.5. The smallest absolute Gasteiger partial charge is 0.306 e. The Bertz CT molecular complexity index is 988. The van der Waals surface area contributed by atoms with Gasteiger partial charge in [-0.25, -0.2) is 4.98 Å². The number of hydrogen-bond acceptors (Lipinski definition) is 6. The fourth-order valence-electron chi connectivity index (χ4n) is 3.20. The van der Waals surface area contributed by atoms with Gasteiger partial charge in [0.15, 0.2) is 0 Å². The van der Waals surface area contributed by atoms with E-state index < -0.39 is 11.9 Å². The van der Waals surface area contributed by atoms with Gasteiger partial charge in [0, 0.05) is 24.3 Å². The van der Waals surface area contributed by atoms with Crippen LogP contribution in [0.1, 0.15) is 48.2 Å². The number of halogens is 1. The maximum absolute atomic E-state index is 12.5. The van der Waals surface area contributed by atoms with E-state index in [1.165, 1.54) is 12.3 Å². The number of amidine groups is 1. The summed E-state index contributed by atoms with van der Waals surface area (Å²) in [5, 5.41) is 23.2. The number of hydrogen-bond donors (Lipinski definition) is 4. The van der Waals surface area contributed by atoms with Gasteiger partial charge < -0.3 is 20.5 Å². The number of pyridine rings is 1. The van der Waals surface area contributed by atoms with Crippen molar-refractivity contribution in [3.8, 4) is 5.88 Å². The monoisotopic (exact) mass is 458 g/mol. The van der Waals surface area contributed by atoms with Crippen molar-refractivity contribution < 1.29 is 19.4 Å². The third-order valence-corrected chi connectivity index (χ3v) is 5.46. The predicted molar refractivity (Wildman–Crippen MR) is 121 cm³/mol. The quantitative estimate of drug-likeness (QED) is 0.337. The van der Waals surface area contributed by atoms with E-state index in [1.807, 2.05) is 26.0 Å². The Hall–Kier alpha value is -2.97. The molecular formula is C23H27ClN4O4. The fourth-order valence-corrected chi connectivity index (χ4v) is 3.42. The molecule has 1 saturated carbocycles. The first-order valence-electron chi connectivity index (χ1n) is 10.5. The molecule has 3 rings (SSSR count). The highest BCUT2D eigenvalue weighted by Gasteiger charge is 2.33. The van der Waals surface area contributed by atoms with Gasteiger partial charge in [-0.1, -0.05) is 49.7 Å². The molecule has 1 aromatic heterocycles. The summed E-state index contributed by atoms with van der Waals surface area (Å²) in [7, 11) is 0. The lowest BCUT2D eigenvalue weighted by Crippen LogP contribution is -2.43. The number of carboxylic acids is 1. The van der Waals surface area contributed by atoms with Crippen LogP contribution in [0.2, 0.25) is 5.02 Å². The van der Waals surface area contributed by atoms with Crippen molar-refractivity contribution in [2.45, 2.75) is 39.3 Å². The van der Waals surface area contributed by atoms with E-state index in [2.05, 4.69) is 15.6 Å². The minimum Gasteiger partial charge on any atom is -0.481 e. The van der Waals surface area contributed by atoms with E-state index >= 15 is 0 Å². The molecule has 0 unspecified atom stereocenters. The van der Waals surface area contributed by atoms with Crippen LogP contribution in [-0.2, 0) is 11.3 Å². The van der Waals surface area contributed by atoms with Crippen LogP contribution in [0.4, 0.5) is 0 Å². The molecular weight excluding hydrogens is 432 g/mol. The van der Waals surface area contributed by atoms with Crippen LogP contribution in [0.25, 0.3) is 0 Å². The maximum Gasteiger partial charge on any atom is 0.306 e. The molecule has 1 aliphatic carbocycles. The first-order chi connectivity index (χ1) is 15.2. The molecule has 1 heterocycles. The topological polar surface area (TPSA) is 124 Å². The Labute approximate surface area is 191 Å². The average Bonchev–Trinajstić information content (AvgIpc) is 2.71. The number of nitrogens with zero attached hydrogens (tertiary/aromatic N) is 1. The second kappa shape index (κ2) is 10.6. The van der Waals surface area contributed by atoms with Crippen molar-refractivity contribution >= 4 is 29.3 Å². The Morgan fingerprint density at radius 3 is 2.53 bits per heavy atom. The van der Waals surface area contributed by atoms with Gasteiger partial charge in [0.2, 0.25) is 5.88 Å². The van der Waals surface area contributed by atoms with E-state index in [9.17, 15) is 9.59 Å². The first-order valence-corrected chi connectivity index (χ1v) is 10.8. The van der Waals surface area contributed by atoms with E-state index in [-0.39, 0.29) is 34.3 Å². The molecule has 32 heavy (non-hydrogen) atoms. The first kappa shape index (κ1) is 23.7. The summed E-state index contributed by atoms with van der Waals surface area (Å²) >= 11 is 6.16. The van der Waals surface area contributed by atoms with Crippen molar-refractivity contribution in [1.82, 2.24) is 15.6 Å². The van der Waals surface area contributed by atoms with Gasteiger partial charge in [-0.3, -0.25) is 15.0 Å². The third-order valence-electron chi connectivity index (χ3n) is 5.19. The number of ether oxygens (including phenoxy) is 1. The lowest BCUT2D eigenvalue weighted by atomic mass is 9.80. The summed E-state index contributed by atoms with van der Waals surface area (Å²) in [5.41, 5.74) is 1.81. The minimum atomic E-state index is -0.735. The summed E-state index contributed by atoms with van der Waals surface area (Å²) < 4.78 is 5.51. The van der Waals surface area contributed by atoms with Crippen LogP contribution >= 0.6 is 11.6 Å². The van der Waals surface area contributed by atoms with E-state index in [0.717, 1.165) is 5.56 Å². The Kier molecular flexibility index (Phi) is 7.82. The predicted octanol–water partition coefficient (Wildman–Crippen LogP) is 3.48. The lowest BCUT2D eigenvalue weighted by Gasteiger charge is -2.33. The number of aromatic nitrogens is 1. The second-order valence-electron chi connectivity index (χ2n) is 8.33. The number of amides is 1. The zero-order valence-electron chi connectivity index (χ0n) is 18.0. The van der Waals surface area contributed by atoms with Crippen LogP contribution in [0, 0.1) is 17.2 Å². The molecule has 170 valence electrons. The van der Waals surface area contributed by atoms with Gasteiger partial charge >= 0.3 is 5.97 Å². The molecule has 0 atom stereocenters. The molecule has 1 amide bonds. The Balaban J connectivity index is 1.50. The standard InChI is InChI=1S/C23H27ClN4O4/c1-13(2)12-32-22-19(24)9-17(11-27-22)21(29)28-20(25)15-5-3-14(4-6-15)10-26-18-7-16(8-18)23(30)31/h3-6,9,11,13,16,18,26H,7-8,10,12H2,1-2H3,(H,30,31)(H2,25,28,29). The molecule has 0 saturated heterocycles. The van der Waals surface area contributed by atoms with Crippen molar-refractivity contribution in [1.29, 1.82) is 5.41 Å². The molecule has 8 nitrogen and oxygen atoms in total. The zero-order chi connectivity index (χ0) is 23.3. The number of carbonyl (C=O) groups excluding carboxylic acids is 1. The van der Waals surface area contributed by atoms with Crippen LogP contribution in [0.15, 0.2) is 36.5 Å². The number of nitrogens with one attached hydrogen (secondary N) is 3. The molecule has 0 aliphatic heterocycles. The molecule has 0 spiro atoms. The SMILES string of the molecule is CC(C)COc1ncc(C(=O)NC(=N)c2ccc(CNC3CC(C(=O)O)C3)cc2)cc1Cl. The number of rotatable bonds is 9. The van der Waals surface area contributed by atoms with Gasteiger partial charge in [-0.15, -0.1) is 0 Å². The normalized spacial score (nSPS) is 17.5. The highest BCUT2D eigenvalue weighted by molar-refractivity contribution is 6.32. The van der Waals surface area contributed by atoms with Crippen LogP contribution < -0.4 is 15.4 Å². The number of benzene rings is 1. The summed E-state index contributed by atoms with van der Waals surface area (Å²) in [6.45, 7) is 5.11. The molecule has 2 aromatic rings. The number of carbonyl (C=O) groups is 2. The number of carboxylic acid groups (broad SMARTS) is 1. The Morgan fingerprint density at radius 2 is 1.94 bits per heavy atom. The summed E-state index contributed by atoms with van der Waals surface area (Å²) in [6.07, 6.45) is 2.66. The summed E-state index contributed by atoms with van der Waals surface area (Å²) in [4.78, 5) is 27.4. The number of aliphatic carboxylic acids is 1. The van der Waals surface area contributed by atoms with E-state index in [0.29, 0.717) is 37.5 Å². The van der Waals surface area contributed by atoms with Gasteiger partial charge in [-0.2, -0.15) is 0 Å². The molecule has 0 radical (unpaired) electrons. The highest BCUT2D eigenvalue weighted by Crippen LogP contribution is 2.27. The summed E-state index contributed by atoms with van der Waals surface area (Å²) in [6, 6.07) is 8.95. The second-order valence-corrected chi connectivity index (χ2v) is 8.73. The minimum absolute atomic E-state index is 0.0333. The van der Waals surface area contributed by atoms with Crippen LogP contribution in [0.5, 0.6) is 5.88 Å². The molecule has 1 aliphatic rings. The third kappa shape index (κ3) is 6.27. The molecule has 0 bridgehead atoms. The van der Waals surface area contributed by atoms with Gasteiger partial charge in [0.05, 0.1) is 18.1 Å². The Morgan fingerprint density at radius 1 is 1.25 bits per heavy atom.